The maximum Gasteiger partial charge on any atom is 0.307 e. The molecule has 0 aromatic carbocycles. The van der Waals surface area contributed by atoms with Crippen LogP contribution in [0.1, 0.15) is 51.8 Å². The Hall–Kier alpha value is -1.85. The van der Waals surface area contributed by atoms with Crippen molar-refractivity contribution in [1.29, 1.82) is 0 Å². The van der Waals surface area contributed by atoms with Crippen LogP contribution in [-0.4, -0.2) is 45.5 Å². The fourth-order valence-corrected chi connectivity index (χ4v) is 3.17. The normalized spacial score (nSPS) is 18.0. The molecule has 0 bridgehead atoms. The van der Waals surface area contributed by atoms with E-state index < -0.39 is 0 Å². The van der Waals surface area contributed by atoms with Crippen LogP contribution in [0, 0.1) is 0 Å². The maximum absolute atomic E-state index is 12.6. The van der Waals surface area contributed by atoms with E-state index in [2.05, 4.69) is 11.9 Å². The standard InChI is InChI=1S/C17H27N3O3/c1-3-15-18-9-12-19(15)11-8-16(21)20-10-6-5-7-14(20)13-17(22)23-4-2/h9,12,14H,3-8,10-11,13H2,1-2H3. The van der Waals surface area contributed by atoms with Crippen LogP contribution >= 0.6 is 0 Å². The molecular weight excluding hydrogens is 294 g/mol. The molecule has 1 aliphatic rings. The molecule has 6 nitrogen and oxygen atoms in total. The van der Waals surface area contributed by atoms with Gasteiger partial charge in [0.25, 0.3) is 0 Å². The summed E-state index contributed by atoms with van der Waals surface area (Å²) in [6.07, 6.45) is 8.26. The fourth-order valence-electron chi connectivity index (χ4n) is 3.17. The van der Waals surface area contributed by atoms with E-state index in [-0.39, 0.29) is 17.9 Å². The Morgan fingerprint density at radius 1 is 1.35 bits per heavy atom. The zero-order valence-corrected chi connectivity index (χ0v) is 14.2. The van der Waals surface area contributed by atoms with Crippen LogP contribution in [0.25, 0.3) is 0 Å². The highest BCUT2D eigenvalue weighted by Crippen LogP contribution is 2.21. The van der Waals surface area contributed by atoms with Crippen molar-refractivity contribution in [3.8, 4) is 0 Å². The molecule has 6 heteroatoms. The van der Waals surface area contributed by atoms with Gasteiger partial charge in [0.05, 0.1) is 13.0 Å². The molecule has 1 aromatic rings. The van der Waals surface area contributed by atoms with Crippen LogP contribution in [0.15, 0.2) is 12.4 Å². The van der Waals surface area contributed by atoms with Crippen LogP contribution in [0.5, 0.6) is 0 Å². The van der Waals surface area contributed by atoms with Gasteiger partial charge in [0, 0.05) is 44.4 Å². The first-order valence-corrected chi connectivity index (χ1v) is 8.60. The summed E-state index contributed by atoms with van der Waals surface area (Å²) in [5, 5.41) is 0. The number of esters is 1. The minimum absolute atomic E-state index is 0.0104. The zero-order valence-electron chi connectivity index (χ0n) is 14.2. The molecule has 2 heterocycles. The van der Waals surface area contributed by atoms with E-state index >= 15 is 0 Å². The average molecular weight is 321 g/mol. The van der Waals surface area contributed by atoms with Crippen LogP contribution in [0.2, 0.25) is 0 Å². The second-order valence-electron chi connectivity index (χ2n) is 5.89. The number of likely N-dealkylation sites (tertiary alicyclic amines) is 1. The van der Waals surface area contributed by atoms with E-state index in [9.17, 15) is 9.59 Å². The summed E-state index contributed by atoms with van der Waals surface area (Å²) in [5.74, 6) is 0.911. The Balaban J connectivity index is 1.91. The zero-order chi connectivity index (χ0) is 16.7. The number of imidazole rings is 1. The SMILES string of the molecule is CCOC(=O)CC1CCCCN1C(=O)CCn1ccnc1CC. The molecule has 1 amide bonds. The third-order valence-corrected chi connectivity index (χ3v) is 4.34. The number of aromatic nitrogens is 2. The lowest BCUT2D eigenvalue weighted by molar-refractivity contribution is -0.146. The summed E-state index contributed by atoms with van der Waals surface area (Å²) in [6, 6.07) is -0.0104. The summed E-state index contributed by atoms with van der Waals surface area (Å²) in [5.41, 5.74) is 0. The smallest absolute Gasteiger partial charge is 0.307 e. The van der Waals surface area contributed by atoms with Crippen molar-refractivity contribution in [2.75, 3.05) is 13.2 Å². The van der Waals surface area contributed by atoms with E-state index in [0.717, 1.165) is 38.1 Å². The molecule has 1 unspecified atom stereocenters. The van der Waals surface area contributed by atoms with Gasteiger partial charge in [-0.1, -0.05) is 6.92 Å². The molecule has 1 aromatic heterocycles. The van der Waals surface area contributed by atoms with Crippen molar-refractivity contribution in [3.05, 3.63) is 18.2 Å². The Bertz CT molecular complexity index is 527. The molecule has 23 heavy (non-hydrogen) atoms. The molecule has 2 rings (SSSR count). The number of carbonyl (C=O) groups is 2. The average Bonchev–Trinajstić information content (AvgIpc) is 3.01. The van der Waals surface area contributed by atoms with Crippen LogP contribution in [-0.2, 0) is 27.3 Å². The lowest BCUT2D eigenvalue weighted by Crippen LogP contribution is -2.45. The highest BCUT2D eigenvalue weighted by Gasteiger charge is 2.28. The number of ether oxygens (including phenoxy) is 1. The first-order chi connectivity index (χ1) is 11.2. The highest BCUT2D eigenvalue weighted by molar-refractivity contribution is 5.78. The predicted molar refractivity (Wildman–Crippen MR) is 86.8 cm³/mol. The molecule has 1 aliphatic heterocycles. The monoisotopic (exact) mass is 321 g/mol. The Kier molecular flexibility index (Phi) is 6.62. The largest absolute Gasteiger partial charge is 0.466 e. The number of carbonyl (C=O) groups excluding carboxylic acids is 2. The minimum Gasteiger partial charge on any atom is -0.466 e. The Labute approximate surface area is 137 Å². The second kappa shape index (κ2) is 8.70. The van der Waals surface area contributed by atoms with Crippen molar-refractivity contribution in [2.24, 2.45) is 0 Å². The van der Waals surface area contributed by atoms with Gasteiger partial charge in [-0.05, 0) is 26.2 Å². The van der Waals surface area contributed by atoms with Crippen LogP contribution in [0.4, 0.5) is 0 Å². The Morgan fingerprint density at radius 3 is 2.91 bits per heavy atom. The molecule has 1 fully saturated rings. The summed E-state index contributed by atoms with van der Waals surface area (Å²) in [6.45, 7) is 5.64. The Morgan fingerprint density at radius 2 is 2.17 bits per heavy atom. The number of nitrogens with zero attached hydrogens (tertiary/aromatic N) is 3. The first kappa shape index (κ1) is 17.5. The van der Waals surface area contributed by atoms with Gasteiger partial charge < -0.3 is 14.2 Å². The van der Waals surface area contributed by atoms with Gasteiger partial charge in [-0.25, -0.2) is 4.98 Å². The minimum atomic E-state index is -0.208. The third-order valence-electron chi connectivity index (χ3n) is 4.34. The number of hydrogen-bond donors (Lipinski definition) is 0. The summed E-state index contributed by atoms with van der Waals surface area (Å²) in [7, 11) is 0. The topological polar surface area (TPSA) is 64.4 Å². The molecule has 0 N–H and O–H groups in total. The molecule has 0 aliphatic carbocycles. The van der Waals surface area contributed by atoms with Crippen LogP contribution < -0.4 is 0 Å². The number of amides is 1. The quantitative estimate of drug-likeness (QED) is 0.722. The van der Waals surface area contributed by atoms with E-state index in [0.29, 0.717) is 26.0 Å². The number of hydrogen-bond acceptors (Lipinski definition) is 4. The van der Waals surface area contributed by atoms with Gasteiger partial charge in [-0.3, -0.25) is 9.59 Å². The lowest BCUT2D eigenvalue weighted by atomic mass is 9.99. The van der Waals surface area contributed by atoms with Crippen molar-refractivity contribution in [3.63, 3.8) is 0 Å². The van der Waals surface area contributed by atoms with E-state index in [4.69, 9.17) is 4.74 Å². The summed E-state index contributed by atoms with van der Waals surface area (Å²) < 4.78 is 7.06. The summed E-state index contributed by atoms with van der Waals surface area (Å²) >= 11 is 0. The predicted octanol–water partition coefficient (Wildman–Crippen LogP) is 2.17. The molecule has 0 radical (unpaired) electrons. The van der Waals surface area contributed by atoms with Gasteiger partial charge in [-0.2, -0.15) is 0 Å². The molecule has 1 atom stereocenters. The number of aryl methyl sites for hydroxylation is 2. The maximum atomic E-state index is 12.6. The second-order valence-corrected chi connectivity index (χ2v) is 5.89. The first-order valence-electron chi connectivity index (χ1n) is 8.60. The third kappa shape index (κ3) is 4.81. The van der Waals surface area contributed by atoms with Gasteiger partial charge >= 0.3 is 5.97 Å². The van der Waals surface area contributed by atoms with Crippen molar-refractivity contribution >= 4 is 11.9 Å². The van der Waals surface area contributed by atoms with Gasteiger partial charge in [0.15, 0.2) is 0 Å². The molecular formula is C17H27N3O3. The van der Waals surface area contributed by atoms with Gasteiger partial charge in [0.2, 0.25) is 5.91 Å². The fraction of sp³-hybridized carbons (Fsp3) is 0.706. The molecule has 1 saturated heterocycles. The van der Waals surface area contributed by atoms with Crippen molar-refractivity contribution in [1.82, 2.24) is 14.5 Å². The molecule has 0 saturated carbocycles. The van der Waals surface area contributed by atoms with E-state index in [1.807, 2.05) is 15.7 Å². The van der Waals surface area contributed by atoms with Crippen molar-refractivity contribution in [2.45, 2.75) is 65.0 Å². The van der Waals surface area contributed by atoms with E-state index in [1.165, 1.54) is 0 Å². The number of piperidine rings is 1. The molecule has 0 spiro atoms. The molecule has 128 valence electrons. The highest BCUT2D eigenvalue weighted by atomic mass is 16.5. The van der Waals surface area contributed by atoms with Crippen molar-refractivity contribution < 1.29 is 14.3 Å². The van der Waals surface area contributed by atoms with Gasteiger partial charge in [-0.15, -0.1) is 0 Å². The van der Waals surface area contributed by atoms with E-state index in [1.54, 1.807) is 13.1 Å². The van der Waals surface area contributed by atoms with Crippen LogP contribution in [0.3, 0.4) is 0 Å². The summed E-state index contributed by atoms with van der Waals surface area (Å²) in [4.78, 5) is 30.5. The lowest BCUT2D eigenvalue weighted by Gasteiger charge is -2.35. The number of rotatable bonds is 7. The van der Waals surface area contributed by atoms with Gasteiger partial charge in [0.1, 0.15) is 5.82 Å².